The number of benzene rings is 1. The monoisotopic (exact) mass is 216 g/mol. The first-order valence-corrected chi connectivity index (χ1v) is 6.73. The molecular formula is C16H24. The van der Waals surface area contributed by atoms with Crippen molar-refractivity contribution in [3.63, 3.8) is 0 Å². The van der Waals surface area contributed by atoms with E-state index in [0.717, 1.165) is 17.8 Å². The van der Waals surface area contributed by atoms with Crippen molar-refractivity contribution in [2.45, 2.75) is 52.4 Å². The van der Waals surface area contributed by atoms with Crippen LogP contribution in [0.3, 0.4) is 0 Å². The number of rotatable bonds is 2. The van der Waals surface area contributed by atoms with Crippen LogP contribution in [0.1, 0.15) is 56.6 Å². The van der Waals surface area contributed by atoms with Crippen molar-refractivity contribution < 1.29 is 0 Å². The summed E-state index contributed by atoms with van der Waals surface area (Å²) in [4.78, 5) is 0. The molecule has 1 aliphatic rings. The summed E-state index contributed by atoms with van der Waals surface area (Å²) < 4.78 is 0. The van der Waals surface area contributed by atoms with Crippen molar-refractivity contribution in [3.05, 3.63) is 35.4 Å². The van der Waals surface area contributed by atoms with Gasteiger partial charge in [0.05, 0.1) is 0 Å². The SMILES string of the molecule is Cc1ccc(C2CCC(C(C)C)CC2)cc1. The molecule has 0 atom stereocenters. The largest absolute Gasteiger partial charge is 0.0625 e. The van der Waals surface area contributed by atoms with Crippen LogP contribution in [0.15, 0.2) is 24.3 Å². The van der Waals surface area contributed by atoms with Crippen molar-refractivity contribution >= 4 is 0 Å². The zero-order valence-corrected chi connectivity index (χ0v) is 10.9. The summed E-state index contributed by atoms with van der Waals surface area (Å²) in [6.07, 6.45) is 5.64. The highest BCUT2D eigenvalue weighted by molar-refractivity contribution is 5.24. The van der Waals surface area contributed by atoms with Crippen LogP contribution >= 0.6 is 0 Å². The number of hydrogen-bond donors (Lipinski definition) is 0. The lowest BCUT2D eigenvalue weighted by molar-refractivity contribution is 0.259. The van der Waals surface area contributed by atoms with Crippen LogP contribution in [0.5, 0.6) is 0 Å². The smallest absolute Gasteiger partial charge is 0.0162 e. The maximum absolute atomic E-state index is 2.37. The Morgan fingerprint density at radius 2 is 1.50 bits per heavy atom. The second-order valence-electron chi connectivity index (χ2n) is 5.77. The third kappa shape index (κ3) is 2.66. The molecule has 1 aromatic carbocycles. The topological polar surface area (TPSA) is 0 Å². The first-order valence-electron chi connectivity index (χ1n) is 6.73. The van der Waals surface area contributed by atoms with E-state index < -0.39 is 0 Å². The van der Waals surface area contributed by atoms with E-state index in [1.165, 1.54) is 31.2 Å². The first kappa shape index (κ1) is 11.7. The van der Waals surface area contributed by atoms with Crippen molar-refractivity contribution in [1.29, 1.82) is 0 Å². The van der Waals surface area contributed by atoms with Gasteiger partial charge in [0.25, 0.3) is 0 Å². The molecule has 2 rings (SSSR count). The fourth-order valence-electron chi connectivity index (χ4n) is 2.96. The highest BCUT2D eigenvalue weighted by atomic mass is 14.3. The molecule has 0 saturated heterocycles. The molecule has 0 aromatic heterocycles. The fourth-order valence-corrected chi connectivity index (χ4v) is 2.96. The normalized spacial score (nSPS) is 26.0. The Bertz CT molecular complexity index is 312. The van der Waals surface area contributed by atoms with Gasteiger partial charge in [0.1, 0.15) is 0 Å². The van der Waals surface area contributed by atoms with Gasteiger partial charge in [0.2, 0.25) is 0 Å². The molecule has 1 fully saturated rings. The zero-order chi connectivity index (χ0) is 11.5. The Labute approximate surface area is 100 Å². The summed E-state index contributed by atoms with van der Waals surface area (Å²) in [6, 6.07) is 9.17. The van der Waals surface area contributed by atoms with Gasteiger partial charge >= 0.3 is 0 Å². The van der Waals surface area contributed by atoms with E-state index in [1.807, 2.05) is 0 Å². The minimum absolute atomic E-state index is 0.829. The molecule has 88 valence electrons. The van der Waals surface area contributed by atoms with Gasteiger partial charge in [-0.05, 0) is 55.9 Å². The molecule has 0 amide bonds. The molecule has 0 nitrogen and oxygen atoms in total. The predicted octanol–water partition coefficient (Wildman–Crippen LogP) is 4.92. The van der Waals surface area contributed by atoms with E-state index >= 15 is 0 Å². The van der Waals surface area contributed by atoms with Crippen LogP contribution in [0.4, 0.5) is 0 Å². The van der Waals surface area contributed by atoms with E-state index in [0.29, 0.717) is 0 Å². The predicted molar refractivity (Wildman–Crippen MR) is 70.7 cm³/mol. The zero-order valence-electron chi connectivity index (χ0n) is 10.9. The minimum atomic E-state index is 0.829. The lowest BCUT2D eigenvalue weighted by Crippen LogP contribution is -2.17. The average molecular weight is 216 g/mol. The molecule has 0 heterocycles. The summed E-state index contributed by atoms with van der Waals surface area (Å²) >= 11 is 0. The van der Waals surface area contributed by atoms with E-state index in [9.17, 15) is 0 Å². The Kier molecular flexibility index (Phi) is 3.68. The van der Waals surface area contributed by atoms with Crippen LogP contribution in [0.25, 0.3) is 0 Å². The highest BCUT2D eigenvalue weighted by Gasteiger charge is 2.23. The molecule has 0 bridgehead atoms. The summed E-state index contributed by atoms with van der Waals surface area (Å²) in [5.41, 5.74) is 2.94. The third-order valence-electron chi connectivity index (χ3n) is 4.26. The molecule has 1 aliphatic carbocycles. The van der Waals surface area contributed by atoms with Crippen molar-refractivity contribution in [2.24, 2.45) is 11.8 Å². The maximum atomic E-state index is 2.37. The lowest BCUT2D eigenvalue weighted by atomic mass is 9.75. The van der Waals surface area contributed by atoms with Crippen LogP contribution < -0.4 is 0 Å². The van der Waals surface area contributed by atoms with E-state index in [2.05, 4.69) is 45.0 Å². The van der Waals surface area contributed by atoms with Crippen molar-refractivity contribution in [3.8, 4) is 0 Å². The molecule has 0 heteroatoms. The second kappa shape index (κ2) is 5.03. The molecule has 1 saturated carbocycles. The van der Waals surface area contributed by atoms with Gasteiger partial charge in [0.15, 0.2) is 0 Å². The standard InChI is InChI=1S/C16H24/c1-12(2)14-8-10-16(11-9-14)15-6-4-13(3)5-7-15/h4-7,12,14,16H,8-11H2,1-3H3. The Balaban J connectivity index is 1.96. The first-order chi connectivity index (χ1) is 7.66. The van der Waals surface area contributed by atoms with Crippen LogP contribution in [-0.4, -0.2) is 0 Å². The van der Waals surface area contributed by atoms with Gasteiger partial charge in [-0.15, -0.1) is 0 Å². The Morgan fingerprint density at radius 3 is 2.00 bits per heavy atom. The van der Waals surface area contributed by atoms with Crippen molar-refractivity contribution in [1.82, 2.24) is 0 Å². The van der Waals surface area contributed by atoms with E-state index in [-0.39, 0.29) is 0 Å². The molecule has 16 heavy (non-hydrogen) atoms. The fraction of sp³-hybridized carbons (Fsp3) is 0.625. The molecule has 0 radical (unpaired) electrons. The van der Waals surface area contributed by atoms with Gasteiger partial charge in [-0.3, -0.25) is 0 Å². The average Bonchev–Trinajstić information content (AvgIpc) is 2.30. The Hall–Kier alpha value is -0.780. The lowest BCUT2D eigenvalue weighted by Gasteiger charge is -2.31. The third-order valence-corrected chi connectivity index (χ3v) is 4.26. The molecule has 0 N–H and O–H groups in total. The molecule has 1 aromatic rings. The minimum Gasteiger partial charge on any atom is -0.0625 e. The second-order valence-corrected chi connectivity index (χ2v) is 5.77. The molecule has 0 unspecified atom stereocenters. The van der Waals surface area contributed by atoms with Crippen LogP contribution in [0, 0.1) is 18.8 Å². The van der Waals surface area contributed by atoms with Gasteiger partial charge < -0.3 is 0 Å². The Morgan fingerprint density at radius 1 is 0.938 bits per heavy atom. The van der Waals surface area contributed by atoms with Gasteiger partial charge in [0, 0.05) is 0 Å². The van der Waals surface area contributed by atoms with Gasteiger partial charge in [-0.1, -0.05) is 43.7 Å². The quantitative estimate of drug-likeness (QED) is 0.658. The summed E-state index contributed by atoms with van der Waals surface area (Å²) in [7, 11) is 0. The molecule has 0 spiro atoms. The van der Waals surface area contributed by atoms with Crippen LogP contribution in [0.2, 0.25) is 0 Å². The summed E-state index contributed by atoms with van der Waals surface area (Å²) in [5.74, 6) is 2.68. The van der Waals surface area contributed by atoms with E-state index in [1.54, 1.807) is 5.56 Å². The summed E-state index contributed by atoms with van der Waals surface area (Å²) in [5, 5.41) is 0. The maximum Gasteiger partial charge on any atom is -0.0162 e. The van der Waals surface area contributed by atoms with E-state index in [4.69, 9.17) is 0 Å². The summed E-state index contributed by atoms with van der Waals surface area (Å²) in [6.45, 7) is 6.91. The van der Waals surface area contributed by atoms with Crippen LogP contribution in [-0.2, 0) is 0 Å². The number of hydrogen-bond acceptors (Lipinski definition) is 0. The molecular weight excluding hydrogens is 192 g/mol. The molecule has 0 aliphatic heterocycles. The number of aryl methyl sites for hydroxylation is 1. The highest BCUT2D eigenvalue weighted by Crippen LogP contribution is 2.38. The van der Waals surface area contributed by atoms with Gasteiger partial charge in [-0.2, -0.15) is 0 Å². The van der Waals surface area contributed by atoms with Crippen molar-refractivity contribution in [2.75, 3.05) is 0 Å². The van der Waals surface area contributed by atoms with Gasteiger partial charge in [-0.25, -0.2) is 0 Å².